The molecule has 0 saturated heterocycles. The maximum absolute atomic E-state index is 6.16. The molecule has 0 spiro atoms. The van der Waals surface area contributed by atoms with Crippen LogP contribution in [0, 0.1) is 0 Å². The van der Waals surface area contributed by atoms with Gasteiger partial charge in [0.2, 0.25) is 0 Å². The van der Waals surface area contributed by atoms with Crippen LogP contribution in [0.25, 0.3) is 0 Å². The molecule has 2 aromatic rings. The Hall–Kier alpha value is -1.64. The van der Waals surface area contributed by atoms with Gasteiger partial charge in [0, 0.05) is 0 Å². The van der Waals surface area contributed by atoms with Crippen molar-refractivity contribution >= 4 is 0 Å². The third-order valence-electron chi connectivity index (χ3n) is 4.51. The van der Waals surface area contributed by atoms with Crippen LogP contribution in [0.4, 0.5) is 0 Å². The molecule has 1 saturated carbocycles. The SMILES string of the molecule is c1ccc(CCO[C@@H]2CCCC[C@@H]2OCc2ccccc2)cc1. The summed E-state index contributed by atoms with van der Waals surface area (Å²) in [5, 5.41) is 0. The van der Waals surface area contributed by atoms with Crippen LogP contribution < -0.4 is 0 Å². The lowest BCUT2D eigenvalue weighted by atomic mass is 9.94. The van der Waals surface area contributed by atoms with Gasteiger partial charge in [-0.05, 0) is 30.4 Å². The number of hydrogen-bond acceptors (Lipinski definition) is 2. The summed E-state index contributed by atoms with van der Waals surface area (Å²) in [6.07, 6.45) is 6.19. The van der Waals surface area contributed by atoms with Crippen LogP contribution in [0.5, 0.6) is 0 Å². The Morgan fingerprint density at radius 2 is 1.26 bits per heavy atom. The quantitative estimate of drug-likeness (QED) is 0.733. The molecule has 0 amide bonds. The first kappa shape index (κ1) is 16.2. The Morgan fingerprint density at radius 1 is 0.696 bits per heavy atom. The lowest BCUT2D eigenvalue weighted by Crippen LogP contribution is -2.35. The van der Waals surface area contributed by atoms with E-state index >= 15 is 0 Å². The Balaban J connectivity index is 1.46. The Labute approximate surface area is 139 Å². The maximum Gasteiger partial charge on any atom is 0.0841 e. The standard InChI is InChI=1S/C21H26O2/c1-3-9-18(10-4-1)15-16-22-20-13-7-8-14-21(20)23-17-19-11-5-2-6-12-19/h1-6,9-12,20-21H,7-8,13-17H2/t20-,21+/m1/s1. The van der Waals surface area contributed by atoms with Gasteiger partial charge in [0.05, 0.1) is 25.4 Å². The molecule has 0 heterocycles. The predicted molar refractivity (Wildman–Crippen MR) is 93.4 cm³/mol. The highest BCUT2D eigenvalue weighted by molar-refractivity contribution is 5.15. The van der Waals surface area contributed by atoms with Crippen molar-refractivity contribution < 1.29 is 9.47 Å². The molecule has 0 aliphatic heterocycles. The van der Waals surface area contributed by atoms with Gasteiger partial charge in [-0.1, -0.05) is 73.5 Å². The largest absolute Gasteiger partial charge is 0.375 e. The minimum Gasteiger partial charge on any atom is -0.375 e. The van der Waals surface area contributed by atoms with Gasteiger partial charge in [-0.25, -0.2) is 0 Å². The number of ether oxygens (including phenoxy) is 2. The third-order valence-corrected chi connectivity index (χ3v) is 4.51. The summed E-state index contributed by atoms with van der Waals surface area (Å²) in [7, 11) is 0. The molecule has 122 valence electrons. The molecule has 2 atom stereocenters. The van der Waals surface area contributed by atoms with E-state index in [0.717, 1.165) is 25.9 Å². The van der Waals surface area contributed by atoms with Gasteiger partial charge >= 0.3 is 0 Å². The molecule has 0 bridgehead atoms. The van der Waals surface area contributed by atoms with E-state index in [0.29, 0.717) is 6.61 Å². The third kappa shape index (κ3) is 5.19. The second-order valence-electron chi connectivity index (χ2n) is 6.26. The molecule has 0 N–H and O–H groups in total. The lowest BCUT2D eigenvalue weighted by molar-refractivity contribution is -0.0973. The first-order valence-electron chi connectivity index (χ1n) is 8.73. The average Bonchev–Trinajstić information content (AvgIpc) is 2.63. The number of rotatable bonds is 7. The highest BCUT2D eigenvalue weighted by Gasteiger charge is 2.26. The minimum absolute atomic E-state index is 0.236. The van der Waals surface area contributed by atoms with Crippen molar-refractivity contribution in [1.29, 1.82) is 0 Å². The zero-order valence-corrected chi connectivity index (χ0v) is 13.7. The maximum atomic E-state index is 6.16. The van der Waals surface area contributed by atoms with Crippen molar-refractivity contribution in [3.8, 4) is 0 Å². The summed E-state index contributed by atoms with van der Waals surface area (Å²) in [4.78, 5) is 0. The summed E-state index contributed by atoms with van der Waals surface area (Å²) in [6.45, 7) is 1.46. The van der Waals surface area contributed by atoms with E-state index < -0.39 is 0 Å². The molecule has 0 unspecified atom stereocenters. The molecular formula is C21H26O2. The highest BCUT2D eigenvalue weighted by Crippen LogP contribution is 2.25. The first-order valence-corrected chi connectivity index (χ1v) is 8.73. The van der Waals surface area contributed by atoms with Crippen molar-refractivity contribution in [2.45, 2.75) is 50.9 Å². The van der Waals surface area contributed by atoms with Crippen molar-refractivity contribution in [2.24, 2.45) is 0 Å². The Kier molecular flexibility index (Phi) is 6.25. The second-order valence-corrected chi connectivity index (χ2v) is 6.26. The van der Waals surface area contributed by atoms with Gasteiger partial charge in [0.25, 0.3) is 0 Å². The van der Waals surface area contributed by atoms with E-state index in [2.05, 4.69) is 54.6 Å². The van der Waals surface area contributed by atoms with Crippen LogP contribution in [-0.4, -0.2) is 18.8 Å². The predicted octanol–water partition coefficient (Wildman–Crippen LogP) is 4.77. The zero-order valence-electron chi connectivity index (χ0n) is 13.7. The molecule has 0 radical (unpaired) electrons. The van der Waals surface area contributed by atoms with E-state index in [1.807, 2.05) is 6.07 Å². The van der Waals surface area contributed by atoms with E-state index in [-0.39, 0.29) is 12.2 Å². The van der Waals surface area contributed by atoms with Crippen LogP contribution >= 0.6 is 0 Å². The fraction of sp³-hybridized carbons (Fsp3) is 0.429. The van der Waals surface area contributed by atoms with E-state index in [1.54, 1.807) is 0 Å². The Morgan fingerprint density at radius 3 is 1.91 bits per heavy atom. The summed E-state index contributed by atoms with van der Waals surface area (Å²) >= 11 is 0. The average molecular weight is 310 g/mol. The lowest BCUT2D eigenvalue weighted by Gasteiger charge is -2.31. The fourth-order valence-electron chi connectivity index (χ4n) is 3.19. The summed E-state index contributed by atoms with van der Waals surface area (Å²) in [5.41, 5.74) is 2.58. The van der Waals surface area contributed by atoms with Crippen molar-refractivity contribution in [1.82, 2.24) is 0 Å². The van der Waals surface area contributed by atoms with Crippen molar-refractivity contribution in [2.75, 3.05) is 6.61 Å². The smallest absolute Gasteiger partial charge is 0.0841 e. The molecule has 2 aromatic carbocycles. The van der Waals surface area contributed by atoms with E-state index in [9.17, 15) is 0 Å². The van der Waals surface area contributed by atoms with Gasteiger partial charge in [-0.2, -0.15) is 0 Å². The molecule has 2 nitrogen and oxygen atoms in total. The minimum atomic E-state index is 0.236. The van der Waals surface area contributed by atoms with Crippen LogP contribution in [0.15, 0.2) is 60.7 Å². The van der Waals surface area contributed by atoms with Gasteiger partial charge in [-0.15, -0.1) is 0 Å². The highest BCUT2D eigenvalue weighted by atomic mass is 16.5. The molecule has 0 aromatic heterocycles. The van der Waals surface area contributed by atoms with Crippen molar-refractivity contribution in [3.05, 3.63) is 71.8 Å². The molecule has 1 aliphatic carbocycles. The second kappa shape index (κ2) is 8.85. The first-order chi connectivity index (χ1) is 11.4. The van der Waals surface area contributed by atoms with Crippen LogP contribution in [0.3, 0.4) is 0 Å². The number of benzene rings is 2. The molecule has 23 heavy (non-hydrogen) atoms. The topological polar surface area (TPSA) is 18.5 Å². The molecule has 1 aliphatic rings. The van der Waals surface area contributed by atoms with E-state index in [1.165, 1.54) is 24.0 Å². The van der Waals surface area contributed by atoms with Gasteiger partial charge in [0.15, 0.2) is 0 Å². The van der Waals surface area contributed by atoms with Crippen LogP contribution in [0.2, 0.25) is 0 Å². The normalized spacial score (nSPS) is 21.2. The van der Waals surface area contributed by atoms with Crippen LogP contribution in [-0.2, 0) is 22.5 Å². The number of hydrogen-bond donors (Lipinski definition) is 0. The molecule has 3 rings (SSSR count). The van der Waals surface area contributed by atoms with Crippen molar-refractivity contribution in [3.63, 3.8) is 0 Å². The summed E-state index contributed by atoms with van der Waals surface area (Å²) in [5.74, 6) is 0. The monoisotopic (exact) mass is 310 g/mol. The Bertz CT molecular complexity index is 553. The zero-order chi connectivity index (χ0) is 15.7. The summed E-state index contributed by atoms with van der Waals surface area (Å²) in [6, 6.07) is 21.0. The summed E-state index contributed by atoms with van der Waals surface area (Å²) < 4.78 is 12.3. The van der Waals surface area contributed by atoms with Crippen LogP contribution in [0.1, 0.15) is 36.8 Å². The van der Waals surface area contributed by atoms with Gasteiger partial charge < -0.3 is 9.47 Å². The fourth-order valence-corrected chi connectivity index (χ4v) is 3.19. The van der Waals surface area contributed by atoms with Gasteiger partial charge in [0.1, 0.15) is 0 Å². The molecule has 2 heteroatoms. The molecular weight excluding hydrogens is 284 g/mol. The molecule has 1 fully saturated rings. The van der Waals surface area contributed by atoms with E-state index in [4.69, 9.17) is 9.47 Å². The van der Waals surface area contributed by atoms with Gasteiger partial charge in [-0.3, -0.25) is 0 Å².